The highest BCUT2D eigenvalue weighted by molar-refractivity contribution is 7.93. The van der Waals surface area contributed by atoms with E-state index in [4.69, 9.17) is 50.9 Å². The van der Waals surface area contributed by atoms with Crippen LogP contribution in [-0.2, 0) is 45.4 Å². The molecule has 47 heteroatoms. The van der Waals surface area contributed by atoms with Crippen LogP contribution in [0.1, 0.15) is 33.2 Å². The third-order valence-corrected chi connectivity index (χ3v) is 15.2. The quantitative estimate of drug-likeness (QED) is 0.0161. The van der Waals surface area contributed by atoms with Crippen LogP contribution in [-0.4, -0.2) is 156 Å². The van der Waals surface area contributed by atoms with Gasteiger partial charge in [0, 0.05) is 18.3 Å². The number of urea groups is 2. The molecule has 92 heavy (non-hydrogen) atoms. The first kappa shape index (κ1) is 76.3. The predicted octanol–water partition coefficient (Wildman–Crippen LogP) is 5.63. The van der Waals surface area contributed by atoms with Crippen LogP contribution in [0.4, 0.5) is 57.9 Å². The summed E-state index contributed by atoms with van der Waals surface area (Å²) in [6.45, 7) is -5.90. The molecule has 0 fully saturated rings. The number of aliphatic carboxylic acids is 1. The number of carboxylic acids is 3. The molecule has 0 bridgehead atoms. The number of aromatic carboxylic acids is 2. The standard InChI is InChI=1S/C14H7ClF3NO5.C14H10F4N4O7S.C14H17N5O7S2.C3H8NO5P/c15-10-5-7(14(16,17)18)1-4-12(10)24-8-2-3-11(19(22)23)9(6-8)13(20)21;15-11(16)28-8-5-9(29-12(17)18)20-13(19-8)21-14(25)22-30(26,27)7-4-2-1-3-6(7)10(23)24;1-4-27(21,22)9-6-5-7-15-12(9)28(23,24)19-14(20)18-13-16-10(25-2)8-11(17-13)26-3;5-3(6)1-4-2-10(7,8)9/h1-6H,(H,20,21);1-5,11-12H,(H,23,24)(H2,19,20,21,22,25);5-8H,4H2,1-3H3,(H2,16,17,18,19,20);4H,1-2H2,(H,5,6)(H2,7,8,9). The zero-order valence-corrected chi connectivity index (χ0v) is 49.9. The lowest BCUT2D eigenvalue weighted by Crippen LogP contribution is -2.36. The minimum atomic E-state index is -4.71. The van der Waals surface area contributed by atoms with Crippen LogP contribution in [0.5, 0.6) is 35.0 Å². The number of benzene rings is 3. The Bertz CT molecular complexity index is 4040. The Kier molecular flexibility index (Phi) is 27.6. The van der Waals surface area contributed by atoms with E-state index >= 15 is 0 Å². The number of carbonyl (C=O) groups is 5. The van der Waals surface area contributed by atoms with Gasteiger partial charge in [-0.2, -0.15) is 59.1 Å². The first-order valence-electron chi connectivity index (χ1n) is 23.6. The Labute approximate surface area is 515 Å². The molecule has 3 aromatic carbocycles. The monoisotopic (exact) mass is 1420 g/mol. The van der Waals surface area contributed by atoms with E-state index in [1.807, 2.05) is 0 Å². The first-order chi connectivity index (χ1) is 42.6. The number of hydrogen-bond donors (Lipinski definition) is 10. The maximum atomic E-state index is 12.6. The number of alkyl halides is 7. The van der Waals surface area contributed by atoms with Crippen LogP contribution < -0.4 is 49.1 Å². The van der Waals surface area contributed by atoms with E-state index in [1.54, 1.807) is 10.0 Å². The molecule has 0 saturated carbocycles. The molecule has 35 nitrogen and oxygen atoms in total. The second-order valence-corrected chi connectivity index (χ2v) is 23.7. The van der Waals surface area contributed by atoms with Gasteiger partial charge in [0.15, 0.2) is 14.9 Å². The third kappa shape index (κ3) is 24.8. The molecule has 3 aromatic heterocycles. The van der Waals surface area contributed by atoms with E-state index in [-0.39, 0.29) is 40.0 Å². The summed E-state index contributed by atoms with van der Waals surface area (Å²) < 4.78 is 197. The summed E-state index contributed by atoms with van der Waals surface area (Å²) in [6, 6.07) is 11.0. The Morgan fingerprint density at radius 3 is 1.65 bits per heavy atom. The van der Waals surface area contributed by atoms with Crippen LogP contribution in [0.15, 0.2) is 106 Å². The number of sulfonamides is 2. The summed E-state index contributed by atoms with van der Waals surface area (Å²) in [6.07, 6.45) is -4.08. The van der Waals surface area contributed by atoms with Crippen LogP contribution in [0.25, 0.3) is 0 Å². The summed E-state index contributed by atoms with van der Waals surface area (Å²) >= 11 is 5.72. The molecule has 0 saturated heterocycles. The Hall–Kier alpha value is -9.92. The molecular weight excluding hydrogens is 1370 g/mol. The topological polar surface area (TPSA) is 520 Å². The Morgan fingerprint density at radius 1 is 0.696 bits per heavy atom. The van der Waals surface area contributed by atoms with Gasteiger partial charge in [-0.15, -0.1) is 0 Å². The lowest BCUT2D eigenvalue weighted by molar-refractivity contribution is -0.385. The number of aromatic nitrogens is 5. The molecule has 0 aliphatic carbocycles. The first-order valence-corrected chi connectivity index (χ1v) is 30.4. The number of halogens is 8. The number of pyridine rings is 1. The molecule has 4 amide bonds. The fourth-order valence-electron chi connectivity index (χ4n) is 5.99. The van der Waals surface area contributed by atoms with Crippen LogP contribution in [0.2, 0.25) is 5.02 Å². The number of nitrogens with one attached hydrogen (secondary N) is 5. The highest BCUT2D eigenvalue weighted by Crippen LogP contribution is 2.37. The number of amides is 4. The van der Waals surface area contributed by atoms with Crippen molar-refractivity contribution in [3.8, 4) is 35.0 Å². The summed E-state index contributed by atoms with van der Waals surface area (Å²) in [4.78, 5) is 98.7. The second-order valence-electron chi connectivity index (χ2n) is 16.2. The van der Waals surface area contributed by atoms with Crippen molar-refractivity contribution in [3.05, 3.63) is 123 Å². The zero-order chi connectivity index (χ0) is 69.7. The molecule has 0 aliphatic heterocycles. The van der Waals surface area contributed by atoms with Gasteiger partial charge in [0.05, 0.1) is 66.0 Å². The maximum absolute atomic E-state index is 12.6. The minimum absolute atomic E-state index is 0.0612. The van der Waals surface area contributed by atoms with Gasteiger partial charge < -0.3 is 48.8 Å². The number of methoxy groups -OCH3 is 2. The summed E-state index contributed by atoms with van der Waals surface area (Å²) in [7, 11) is -14.7. The Morgan fingerprint density at radius 2 is 1.20 bits per heavy atom. The number of nitro benzene ring substituents is 1. The smallest absolute Gasteiger partial charge is 0.416 e. The number of hydrogen-bond acceptors (Lipinski definition) is 25. The van der Waals surface area contributed by atoms with Crippen molar-refractivity contribution in [3.63, 3.8) is 0 Å². The summed E-state index contributed by atoms with van der Waals surface area (Å²) in [5.41, 5.74) is -2.89. The normalized spacial score (nSPS) is 11.3. The SMILES string of the molecule is CCS(=O)(=O)c1cccnc1S(=O)(=O)NC(=O)Nc1nc(OC)cc(OC)n1.O=C(Nc1nc(OC(F)F)cc(OC(F)F)n1)NS(=O)(=O)c1ccccc1C(=O)O.O=C(O)CNCP(=O)(O)O.O=C(O)c1cc(Oc2ccc(C(F)(F)F)cc2Cl)ccc1[N+](=O)[O-]. The fourth-order valence-corrected chi connectivity index (χ4v) is 10.3. The van der Waals surface area contributed by atoms with Gasteiger partial charge in [-0.05, 0) is 48.5 Å². The van der Waals surface area contributed by atoms with Gasteiger partial charge in [0.25, 0.3) is 25.7 Å². The van der Waals surface area contributed by atoms with Crippen molar-refractivity contribution in [2.45, 2.75) is 41.1 Å². The number of anilines is 2. The molecule has 6 aromatic rings. The van der Waals surface area contributed by atoms with Gasteiger partial charge in [-0.1, -0.05) is 30.7 Å². The fraction of sp³-hybridized carbons (Fsp3) is 0.200. The Balaban J connectivity index is 0.000000336. The van der Waals surface area contributed by atoms with Crippen molar-refractivity contribution in [1.29, 1.82) is 0 Å². The number of nitrogens with zero attached hydrogens (tertiary/aromatic N) is 6. The number of rotatable bonds is 23. The number of nitro groups is 1. The van der Waals surface area contributed by atoms with E-state index < -0.39 is 160 Å². The van der Waals surface area contributed by atoms with E-state index in [0.717, 1.165) is 54.7 Å². The molecular formula is C45H42ClF7N11O24PS3. The average Bonchev–Trinajstić information content (AvgIpc) is 1.64. The molecule has 6 rings (SSSR count). The summed E-state index contributed by atoms with van der Waals surface area (Å²) in [5, 5.41) is 41.5. The third-order valence-electron chi connectivity index (χ3n) is 9.69. The van der Waals surface area contributed by atoms with Crippen molar-refractivity contribution >= 4 is 96.6 Å². The largest absolute Gasteiger partial charge is 0.481 e. The lowest BCUT2D eigenvalue weighted by Gasteiger charge is -2.11. The van der Waals surface area contributed by atoms with Gasteiger partial charge in [0.1, 0.15) is 26.9 Å². The van der Waals surface area contributed by atoms with Crippen molar-refractivity contribution in [2.24, 2.45) is 0 Å². The lowest BCUT2D eigenvalue weighted by atomic mass is 10.1. The number of carbonyl (C=O) groups excluding carboxylic acids is 2. The molecule has 0 atom stereocenters. The van der Waals surface area contributed by atoms with Crippen molar-refractivity contribution in [1.82, 2.24) is 39.7 Å². The molecule has 0 spiro atoms. The van der Waals surface area contributed by atoms with Gasteiger partial charge in [0.2, 0.25) is 35.4 Å². The second kappa shape index (κ2) is 33.2. The number of sulfone groups is 1. The molecule has 0 radical (unpaired) electrons. The highest BCUT2D eigenvalue weighted by Gasteiger charge is 2.32. The molecule has 3 heterocycles. The van der Waals surface area contributed by atoms with E-state index in [2.05, 4.69) is 45.0 Å². The van der Waals surface area contributed by atoms with Gasteiger partial charge in [-0.3, -0.25) is 35.4 Å². The molecule has 0 unspecified atom stereocenters. The molecule has 500 valence electrons. The summed E-state index contributed by atoms with van der Waals surface area (Å²) in [5.74, 6) is -7.95. The molecule has 10 N–H and O–H groups in total. The van der Waals surface area contributed by atoms with Gasteiger partial charge in [-0.25, -0.2) is 50.4 Å². The van der Waals surface area contributed by atoms with E-state index in [0.29, 0.717) is 12.1 Å². The van der Waals surface area contributed by atoms with Crippen molar-refractivity contribution < 1.29 is 138 Å². The van der Waals surface area contributed by atoms with Crippen molar-refractivity contribution in [2.75, 3.05) is 43.4 Å². The maximum Gasteiger partial charge on any atom is 0.416 e. The minimum Gasteiger partial charge on any atom is -0.481 e. The predicted molar refractivity (Wildman–Crippen MR) is 294 cm³/mol. The number of ether oxygens (including phenoxy) is 5. The van der Waals surface area contributed by atoms with E-state index in [9.17, 15) is 94.6 Å². The van der Waals surface area contributed by atoms with Crippen LogP contribution >= 0.6 is 19.2 Å². The van der Waals surface area contributed by atoms with Crippen LogP contribution in [0, 0.1) is 10.1 Å². The average molecular weight is 1420 g/mol. The number of carboxylic acid groups (broad SMARTS) is 3. The molecule has 0 aliphatic rings. The van der Waals surface area contributed by atoms with Crippen LogP contribution in [0.3, 0.4) is 0 Å². The van der Waals surface area contributed by atoms with Gasteiger partial charge >= 0.3 is 57.0 Å². The zero-order valence-electron chi connectivity index (χ0n) is 45.8. The highest BCUT2D eigenvalue weighted by atomic mass is 35.5. The van der Waals surface area contributed by atoms with E-state index in [1.165, 1.54) is 50.1 Å².